The highest BCUT2D eigenvalue weighted by atomic mass is 16.6. The molecule has 1 aromatic rings. The minimum absolute atomic E-state index is 0.295. The summed E-state index contributed by atoms with van der Waals surface area (Å²) >= 11 is 0. The van der Waals surface area contributed by atoms with Crippen LogP contribution in [0.4, 0.5) is 0 Å². The molecule has 0 saturated carbocycles. The molecule has 0 N–H and O–H groups in total. The van der Waals surface area contributed by atoms with Gasteiger partial charge in [-0.15, -0.1) is 0 Å². The Morgan fingerprint density at radius 3 is 2.58 bits per heavy atom. The predicted octanol–water partition coefficient (Wildman–Crippen LogP) is 2.28. The van der Waals surface area contributed by atoms with E-state index in [1.54, 1.807) is 32.0 Å². The molecule has 0 bridgehead atoms. The minimum Gasteiger partial charge on any atom is -0.445 e. The third-order valence-electron chi connectivity index (χ3n) is 3.01. The van der Waals surface area contributed by atoms with E-state index in [0.717, 1.165) is 0 Å². The number of fused-ring (bicyclic) bond motifs is 1. The molecule has 4 heteroatoms. The van der Waals surface area contributed by atoms with E-state index < -0.39 is 23.6 Å². The monoisotopic (exact) mass is 258 g/mol. The van der Waals surface area contributed by atoms with Gasteiger partial charge in [-0.05, 0) is 5.56 Å². The second-order valence-electron chi connectivity index (χ2n) is 4.67. The van der Waals surface area contributed by atoms with E-state index in [9.17, 15) is 14.4 Å². The number of hydrogen-bond donors (Lipinski definition) is 0. The summed E-state index contributed by atoms with van der Waals surface area (Å²) in [6, 6.07) is 4.93. The summed E-state index contributed by atoms with van der Waals surface area (Å²) in [7, 11) is 0. The molecule has 0 saturated heterocycles. The van der Waals surface area contributed by atoms with Gasteiger partial charge in [0.1, 0.15) is 0 Å². The van der Waals surface area contributed by atoms with Crippen LogP contribution >= 0.6 is 0 Å². The Kier molecular flexibility index (Phi) is 3.34. The average molecular weight is 258 g/mol. The van der Waals surface area contributed by atoms with E-state index in [1.807, 2.05) is 0 Å². The highest BCUT2D eigenvalue weighted by Crippen LogP contribution is 2.28. The Hall–Kier alpha value is -2.23. The Bertz CT molecular complexity index is 584. The van der Waals surface area contributed by atoms with E-state index in [1.165, 1.54) is 6.08 Å². The summed E-state index contributed by atoms with van der Waals surface area (Å²) in [6.45, 7) is 6.91. The Morgan fingerprint density at radius 1 is 1.32 bits per heavy atom. The highest BCUT2D eigenvalue weighted by Gasteiger charge is 2.42. The van der Waals surface area contributed by atoms with Crippen LogP contribution in [-0.2, 0) is 9.53 Å². The molecular formula is C15H14O4. The molecule has 1 unspecified atom stereocenters. The van der Waals surface area contributed by atoms with Crippen LogP contribution in [0.1, 0.15) is 40.1 Å². The molecule has 0 aromatic heterocycles. The molecule has 0 amide bonds. The molecule has 4 nitrogen and oxygen atoms in total. The van der Waals surface area contributed by atoms with Gasteiger partial charge in [-0.25, -0.2) is 0 Å². The van der Waals surface area contributed by atoms with Crippen molar-refractivity contribution in [2.24, 2.45) is 5.92 Å². The molecular weight excluding hydrogens is 244 g/mol. The fourth-order valence-corrected chi connectivity index (χ4v) is 1.97. The number of rotatable bonds is 3. The second-order valence-corrected chi connectivity index (χ2v) is 4.67. The van der Waals surface area contributed by atoms with Crippen molar-refractivity contribution in [2.45, 2.75) is 20.0 Å². The van der Waals surface area contributed by atoms with Crippen LogP contribution < -0.4 is 0 Å². The Balaban J connectivity index is 2.39. The van der Waals surface area contributed by atoms with Crippen LogP contribution in [0, 0.1) is 5.92 Å². The molecule has 0 spiro atoms. The smallest absolute Gasteiger partial charge is 0.309 e. The van der Waals surface area contributed by atoms with Gasteiger partial charge in [0.05, 0.1) is 5.92 Å². The first kappa shape index (κ1) is 13.2. The van der Waals surface area contributed by atoms with E-state index in [-0.39, 0.29) is 5.92 Å². The summed E-state index contributed by atoms with van der Waals surface area (Å²) in [5.41, 5.74) is 1.17. The molecule has 0 fully saturated rings. The molecule has 0 heterocycles. The highest BCUT2D eigenvalue weighted by molar-refractivity contribution is 6.30. The number of esters is 1. The van der Waals surface area contributed by atoms with Crippen molar-refractivity contribution >= 4 is 23.6 Å². The maximum atomic E-state index is 12.2. The molecule has 0 aliphatic heterocycles. The van der Waals surface area contributed by atoms with Crippen LogP contribution in [0.25, 0.3) is 6.08 Å². The lowest BCUT2D eigenvalue weighted by Crippen LogP contribution is -2.30. The lowest BCUT2D eigenvalue weighted by atomic mass is 10.0. The predicted molar refractivity (Wildman–Crippen MR) is 69.9 cm³/mol. The van der Waals surface area contributed by atoms with Gasteiger partial charge < -0.3 is 4.74 Å². The fraction of sp³-hybridized carbons (Fsp3) is 0.267. The van der Waals surface area contributed by atoms with Gasteiger partial charge in [-0.2, -0.15) is 0 Å². The zero-order chi connectivity index (χ0) is 14.2. The van der Waals surface area contributed by atoms with Crippen molar-refractivity contribution in [1.82, 2.24) is 0 Å². The zero-order valence-corrected chi connectivity index (χ0v) is 10.8. The molecule has 2 rings (SSSR count). The standard InChI is InChI=1S/C15H14O4/c1-4-9-6-5-7-10-11(9)13(17)14(12(10)16)19-15(18)8(2)3/h4-8,14H,1H2,2-3H3. The van der Waals surface area contributed by atoms with Gasteiger partial charge in [-0.3, -0.25) is 14.4 Å². The number of carbonyl (C=O) groups excluding carboxylic acids is 3. The maximum Gasteiger partial charge on any atom is 0.309 e. The Labute approximate surface area is 111 Å². The number of Topliss-reactive ketones (excluding diaryl/α,β-unsaturated/α-hetero) is 2. The van der Waals surface area contributed by atoms with Crippen LogP contribution in [0.5, 0.6) is 0 Å². The van der Waals surface area contributed by atoms with Crippen LogP contribution in [-0.4, -0.2) is 23.6 Å². The van der Waals surface area contributed by atoms with Crippen molar-refractivity contribution in [3.63, 3.8) is 0 Å². The molecule has 1 aliphatic carbocycles. The number of ketones is 2. The van der Waals surface area contributed by atoms with Crippen molar-refractivity contribution in [2.75, 3.05) is 0 Å². The topological polar surface area (TPSA) is 60.4 Å². The maximum absolute atomic E-state index is 12.2. The largest absolute Gasteiger partial charge is 0.445 e. The average Bonchev–Trinajstić information content (AvgIpc) is 2.63. The summed E-state index contributed by atoms with van der Waals surface area (Å²) in [5.74, 6) is -1.87. The summed E-state index contributed by atoms with van der Waals surface area (Å²) in [4.78, 5) is 35.8. The quantitative estimate of drug-likeness (QED) is 0.616. The zero-order valence-electron chi connectivity index (χ0n) is 10.8. The fourth-order valence-electron chi connectivity index (χ4n) is 1.97. The van der Waals surface area contributed by atoms with Crippen molar-refractivity contribution in [1.29, 1.82) is 0 Å². The number of ether oxygens (including phenoxy) is 1. The number of hydrogen-bond acceptors (Lipinski definition) is 4. The number of carbonyl (C=O) groups is 3. The van der Waals surface area contributed by atoms with Crippen molar-refractivity contribution in [3.8, 4) is 0 Å². The van der Waals surface area contributed by atoms with Gasteiger partial charge >= 0.3 is 5.97 Å². The third kappa shape index (κ3) is 2.10. The van der Waals surface area contributed by atoms with Gasteiger partial charge in [0.15, 0.2) is 0 Å². The Morgan fingerprint density at radius 2 is 2.00 bits per heavy atom. The first-order valence-corrected chi connectivity index (χ1v) is 6.01. The van der Waals surface area contributed by atoms with E-state index in [2.05, 4.69) is 6.58 Å². The van der Waals surface area contributed by atoms with Crippen LogP contribution in [0.2, 0.25) is 0 Å². The van der Waals surface area contributed by atoms with Gasteiger partial charge in [0.2, 0.25) is 17.7 Å². The molecule has 1 aliphatic rings. The number of benzene rings is 1. The normalized spacial score (nSPS) is 17.5. The van der Waals surface area contributed by atoms with Crippen LogP contribution in [0.3, 0.4) is 0 Å². The van der Waals surface area contributed by atoms with Gasteiger partial charge in [0.25, 0.3) is 0 Å². The molecule has 98 valence electrons. The molecule has 0 radical (unpaired) electrons. The summed E-state index contributed by atoms with van der Waals surface area (Å²) in [5, 5.41) is 0. The van der Waals surface area contributed by atoms with Crippen LogP contribution in [0.15, 0.2) is 24.8 Å². The van der Waals surface area contributed by atoms with Crippen molar-refractivity contribution < 1.29 is 19.1 Å². The summed E-state index contributed by atoms with van der Waals surface area (Å²) in [6.07, 6.45) is 0.169. The van der Waals surface area contributed by atoms with E-state index in [0.29, 0.717) is 16.7 Å². The molecule has 1 aromatic carbocycles. The van der Waals surface area contributed by atoms with Crippen molar-refractivity contribution in [3.05, 3.63) is 41.5 Å². The minimum atomic E-state index is -1.34. The first-order chi connectivity index (χ1) is 8.97. The van der Waals surface area contributed by atoms with Gasteiger partial charge in [-0.1, -0.05) is 44.7 Å². The van der Waals surface area contributed by atoms with E-state index in [4.69, 9.17) is 4.74 Å². The van der Waals surface area contributed by atoms with E-state index >= 15 is 0 Å². The lowest BCUT2D eigenvalue weighted by Gasteiger charge is -2.11. The third-order valence-corrected chi connectivity index (χ3v) is 3.01. The lowest BCUT2D eigenvalue weighted by molar-refractivity contribution is -0.148. The van der Waals surface area contributed by atoms with Gasteiger partial charge in [0, 0.05) is 11.1 Å². The summed E-state index contributed by atoms with van der Waals surface area (Å²) < 4.78 is 5.01. The SMILES string of the molecule is C=Cc1cccc2c1C(=O)C(OC(=O)C(C)C)C2=O. The molecule has 19 heavy (non-hydrogen) atoms. The molecule has 1 atom stereocenters. The second kappa shape index (κ2) is 4.80. The first-order valence-electron chi connectivity index (χ1n) is 6.01.